The molecule has 3 heterocycles. The third-order valence-corrected chi connectivity index (χ3v) is 6.60. The van der Waals surface area contributed by atoms with Crippen molar-refractivity contribution in [3.63, 3.8) is 0 Å². The number of unbranched alkanes of at least 4 members (excludes halogenated alkanes) is 4. The number of halogens is 3. The minimum atomic E-state index is 0. The summed E-state index contributed by atoms with van der Waals surface area (Å²) in [6.45, 7) is 4.47. The first-order valence-corrected chi connectivity index (χ1v) is 12.8. The van der Waals surface area contributed by atoms with E-state index < -0.39 is 0 Å². The smallest absolute Gasteiger partial charge is 1.00 e. The Bertz CT molecular complexity index is 1120. The van der Waals surface area contributed by atoms with E-state index in [9.17, 15) is 0 Å². The van der Waals surface area contributed by atoms with Crippen LogP contribution >= 0.6 is 0 Å². The standard InChI is InChI=1S/C29H33N5.3ClH.Co/c1-3-5-7-10-20-14-16-22-26(18-20)33-28(31-22)24-12-9-13-25(30-24)29-32-23-17-15-21(11-8-6-4-2)19-27(23)34-29;;;;/h9,12-19,22-23H,3-8,10-11H2,1-2H3;3*1H;/q;;;;+3/p-3. The van der Waals surface area contributed by atoms with Crippen LogP contribution < -0.4 is 37.2 Å². The summed E-state index contributed by atoms with van der Waals surface area (Å²) in [4.78, 5) is 24.1. The zero-order chi connectivity index (χ0) is 23.3. The molecule has 0 spiro atoms. The SMILES string of the molecule is CCCCCC1=CC2=NC(c3cccc(C4=NC5C=CC(CCCCC)=CC5=N4)n3)=NC2C=C1.[Cl-].[Cl-].[Cl-].[Co+3]. The van der Waals surface area contributed by atoms with E-state index in [-0.39, 0.29) is 66.1 Å². The van der Waals surface area contributed by atoms with Crippen molar-refractivity contribution < 1.29 is 54.0 Å². The Balaban J connectivity index is 0.00000180. The molecule has 0 saturated heterocycles. The zero-order valence-electron chi connectivity index (χ0n) is 21.7. The van der Waals surface area contributed by atoms with Crippen LogP contribution in [0.4, 0.5) is 0 Å². The third-order valence-electron chi connectivity index (χ3n) is 6.60. The van der Waals surface area contributed by atoms with Gasteiger partial charge in [0.15, 0.2) is 11.7 Å². The van der Waals surface area contributed by atoms with E-state index >= 15 is 0 Å². The fraction of sp³-hybridized carbons (Fsp3) is 0.414. The normalized spacial score (nSPS) is 20.1. The maximum atomic E-state index is 4.85. The van der Waals surface area contributed by atoms with Crippen molar-refractivity contribution in [1.82, 2.24) is 4.98 Å². The molecule has 4 aliphatic rings. The van der Waals surface area contributed by atoms with Crippen LogP contribution in [0.2, 0.25) is 0 Å². The van der Waals surface area contributed by atoms with Crippen LogP contribution in [-0.2, 0) is 16.8 Å². The fourth-order valence-electron chi connectivity index (χ4n) is 4.65. The Kier molecular flexibility index (Phi) is 14.7. The number of rotatable bonds is 10. The Labute approximate surface area is 255 Å². The van der Waals surface area contributed by atoms with E-state index in [2.05, 4.69) is 50.3 Å². The number of allylic oxidation sites excluding steroid dienone is 4. The van der Waals surface area contributed by atoms with Crippen molar-refractivity contribution in [1.29, 1.82) is 0 Å². The largest absolute Gasteiger partial charge is 3.00 e. The van der Waals surface area contributed by atoms with E-state index in [1.165, 1.54) is 49.7 Å². The van der Waals surface area contributed by atoms with Crippen LogP contribution in [0.25, 0.3) is 0 Å². The van der Waals surface area contributed by atoms with Gasteiger partial charge in [-0.05, 0) is 61.1 Å². The van der Waals surface area contributed by atoms with E-state index in [0.29, 0.717) is 11.7 Å². The molecule has 0 N–H and O–H groups in total. The van der Waals surface area contributed by atoms with Gasteiger partial charge < -0.3 is 37.2 Å². The number of aromatic nitrogens is 1. The van der Waals surface area contributed by atoms with Gasteiger partial charge in [0.05, 0.1) is 11.4 Å². The summed E-state index contributed by atoms with van der Waals surface area (Å²) in [5, 5.41) is 0. The summed E-state index contributed by atoms with van der Waals surface area (Å²) in [5.41, 5.74) is 6.28. The topological polar surface area (TPSA) is 62.3 Å². The van der Waals surface area contributed by atoms with Crippen molar-refractivity contribution in [2.45, 2.75) is 77.3 Å². The Hall–Kier alpha value is -1.83. The Morgan fingerprint density at radius 3 is 1.53 bits per heavy atom. The van der Waals surface area contributed by atoms with E-state index in [1.54, 1.807) is 0 Å². The van der Waals surface area contributed by atoms with Crippen LogP contribution in [0, 0.1) is 0 Å². The molecule has 2 aliphatic carbocycles. The minimum Gasteiger partial charge on any atom is -1.00 e. The Morgan fingerprint density at radius 1 is 0.658 bits per heavy atom. The molecule has 204 valence electrons. The maximum absolute atomic E-state index is 4.85. The molecular weight excluding hydrogens is 584 g/mol. The molecule has 5 nitrogen and oxygen atoms in total. The molecule has 1 aromatic rings. The molecule has 0 saturated carbocycles. The number of aliphatic imine (C=N–C) groups is 4. The Morgan fingerprint density at radius 2 is 1.11 bits per heavy atom. The van der Waals surface area contributed by atoms with Gasteiger partial charge in [0.25, 0.3) is 0 Å². The summed E-state index contributed by atoms with van der Waals surface area (Å²) in [5.74, 6) is 1.39. The fourth-order valence-corrected chi connectivity index (χ4v) is 4.65. The van der Waals surface area contributed by atoms with Crippen LogP contribution in [0.5, 0.6) is 0 Å². The van der Waals surface area contributed by atoms with Gasteiger partial charge in [-0.25, -0.2) is 15.0 Å². The van der Waals surface area contributed by atoms with Crippen molar-refractivity contribution in [2.75, 3.05) is 0 Å². The van der Waals surface area contributed by atoms with Gasteiger partial charge in [0.1, 0.15) is 23.5 Å². The number of pyridine rings is 1. The van der Waals surface area contributed by atoms with Gasteiger partial charge in [0, 0.05) is 0 Å². The maximum Gasteiger partial charge on any atom is 3.00 e. The number of amidine groups is 2. The molecule has 2 aliphatic heterocycles. The van der Waals surface area contributed by atoms with Crippen molar-refractivity contribution >= 4 is 23.1 Å². The number of hydrogen-bond acceptors (Lipinski definition) is 5. The first kappa shape index (κ1) is 34.2. The number of fused-ring (bicyclic) bond motifs is 2. The predicted octanol–water partition coefficient (Wildman–Crippen LogP) is -2.62. The van der Waals surface area contributed by atoms with E-state index in [0.717, 1.165) is 35.7 Å². The van der Waals surface area contributed by atoms with Gasteiger partial charge in [-0.1, -0.05) is 69.9 Å². The molecule has 0 bridgehead atoms. The van der Waals surface area contributed by atoms with E-state index in [1.807, 2.05) is 18.2 Å². The van der Waals surface area contributed by atoms with Crippen LogP contribution in [0.3, 0.4) is 0 Å². The van der Waals surface area contributed by atoms with Crippen molar-refractivity contribution in [3.05, 3.63) is 77.2 Å². The molecule has 0 fully saturated rings. The summed E-state index contributed by atoms with van der Waals surface area (Å²) < 4.78 is 0. The first-order valence-electron chi connectivity index (χ1n) is 12.8. The van der Waals surface area contributed by atoms with Gasteiger partial charge in [-0.3, -0.25) is 9.98 Å². The second-order valence-corrected chi connectivity index (χ2v) is 9.35. The van der Waals surface area contributed by atoms with E-state index in [4.69, 9.17) is 25.0 Å². The summed E-state index contributed by atoms with van der Waals surface area (Å²) >= 11 is 0. The summed E-state index contributed by atoms with van der Waals surface area (Å²) in [6.07, 6.45) is 22.8. The predicted molar refractivity (Wildman–Crippen MR) is 142 cm³/mol. The molecule has 0 amide bonds. The molecule has 0 aromatic carbocycles. The quantitative estimate of drug-likeness (QED) is 0.266. The van der Waals surface area contributed by atoms with Crippen LogP contribution in [-0.4, -0.2) is 40.2 Å². The minimum absolute atomic E-state index is 0. The zero-order valence-corrected chi connectivity index (χ0v) is 25.0. The molecule has 2 unspecified atom stereocenters. The molecule has 1 aromatic heterocycles. The molecule has 9 heteroatoms. The van der Waals surface area contributed by atoms with Crippen LogP contribution in [0.15, 0.2) is 85.8 Å². The van der Waals surface area contributed by atoms with Crippen LogP contribution in [0.1, 0.15) is 76.6 Å². The average molecular weight is 617 g/mol. The molecular formula is C29H33Cl3CoN5. The van der Waals surface area contributed by atoms with Crippen molar-refractivity contribution in [3.8, 4) is 0 Å². The molecule has 38 heavy (non-hydrogen) atoms. The summed E-state index contributed by atoms with van der Waals surface area (Å²) in [6, 6.07) is 5.95. The number of nitrogens with zero attached hydrogens (tertiary/aromatic N) is 5. The van der Waals surface area contributed by atoms with Gasteiger partial charge in [-0.2, -0.15) is 0 Å². The average Bonchev–Trinajstić information content (AvgIpc) is 3.48. The second-order valence-electron chi connectivity index (χ2n) is 9.35. The van der Waals surface area contributed by atoms with Crippen molar-refractivity contribution in [2.24, 2.45) is 20.0 Å². The monoisotopic (exact) mass is 615 g/mol. The number of hydrogen-bond donors (Lipinski definition) is 0. The van der Waals surface area contributed by atoms with Gasteiger partial charge in [0.2, 0.25) is 0 Å². The third kappa shape index (κ3) is 8.09. The first-order chi connectivity index (χ1) is 16.7. The van der Waals surface area contributed by atoms with Gasteiger partial charge >= 0.3 is 16.8 Å². The van der Waals surface area contributed by atoms with Gasteiger partial charge in [-0.15, -0.1) is 0 Å². The molecule has 0 radical (unpaired) electrons. The summed E-state index contributed by atoms with van der Waals surface area (Å²) in [7, 11) is 0. The molecule has 5 rings (SSSR count). The second kappa shape index (κ2) is 16.3. The molecule has 2 atom stereocenters.